The molecule has 2 amide bonds. The van der Waals surface area contributed by atoms with Gasteiger partial charge < -0.3 is 39.3 Å². The van der Waals surface area contributed by atoms with E-state index < -0.39 is 19.1 Å². The van der Waals surface area contributed by atoms with E-state index in [9.17, 15) is 19.2 Å². The number of hydrogen-bond acceptors (Lipinski definition) is 15. The minimum Gasteiger partial charge on any atom is -0.465 e. The molecule has 0 atom stereocenters. The van der Waals surface area contributed by atoms with Crippen LogP contribution >= 0.6 is 51.2 Å². The number of esters is 2. The van der Waals surface area contributed by atoms with Crippen molar-refractivity contribution in [3.05, 3.63) is 182 Å². The highest BCUT2D eigenvalue weighted by atomic mass is 79.9. The summed E-state index contributed by atoms with van der Waals surface area (Å²) in [6.45, 7) is 4.88. The Morgan fingerprint density at radius 2 is 1.16 bits per heavy atom. The number of carbonyl (C=O) groups excluding carboxylic acids is 4. The van der Waals surface area contributed by atoms with Crippen LogP contribution in [0.25, 0.3) is 10.6 Å². The number of methoxy groups -OCH3 is 2. The monoisotopic (exact) mass is 1040 g/mol. The number of nitrogens with zero attached hydrogens (tertiary/aromatic N) is 6. The number of carbonyl (C=O) groups is 4. The fraction of sp³-hybridized carbons (Fsp3) is 0.149. The zero-order chi connectivity index (χ0) is 49.2. The molecule has 0 saturated carbocycles. The van der Waals surface area contributed by atoms with Gasteiger partial charge in [-0.25, -0.2) is 19.6 Å². The molecule has 21 heteroatoms. The highest BCUT2D eigenvalue weighted by Gasteiger charge is 2.17. The van der Waals surface area contributed by atoms with Crippen LogP contribution in [0.3, 0.4) is 0 Å². The van der Waals surface area contributed by atoms with Crippen LogP contribution in [0.1, 0.15) is 64.2 Å². The maximum Gasteiger partial charge on any atom is 0.490 e. The molecule has 0 radical (unpaired) electrons. The van der Waals surface area contributed by atoms with Crippen LogP contribution in [0.5, 0.6) is 0 Å². The lowest BCUT2D eigenvalue weighted by Crippen LogP contribution is -2.29. The first-order valence-corrected chi connectivity index (χ1v) is 23.7. The van der Waals surface area contributed by atoms with E-state index >= 15 is 0 Å². The Bertz CT molecular complexity index is 2890. The van der Waals surface area contributed by atoms with E-state index in [4.69, 9.17) is 14.8 Å². The number of pyridine rings is 2. The van der Waals surface area contributed by atoms with Gasteiger partial charge in [0, 0.05) is 70.3 Å². The second kappa shape index (κ2) is 26.0. The third-order valence-electron chi connectivity index (χ3n) is 9.29. The molecule has 0 bridgehead atoms. The fourth-order valence-corrected chi connectivity index (χ4v) is 8.04. The number of ether oxygens (including phenoxy) is 2. The Kier molecular flexibility index (Phi) is 19.9. The minimum absolute atomic E-state index is 0.224. The summed E-state index contributed by atoms with van der Waals surface area (Å²) in [7, 11) is 1.25. The predicted octanol–water partition coefficient (Wildman–Crippen LogP) is 7.81. The normalized spacial score (nSPS) is 10.2. The first-order chi connectivity index (χ1) is 32.8. The van der Waals surface area contributed by atoms with Crippen molar-refractivity contribution in [1.29, 1.82) is 0 Å². The second-order valence-electron chi connectivity index (χ2n) is 14.2. The quantitative estimate of drug-likeness (QED) is 0.0451. The van der Waals surface area contributed by atoms with Crippen LogP contribution in [-0.2, 0) is 22.6 Å². The molecule has 0 aliphatic carbocycles. The van der Waals surface area contributed by atoms with Crippen molar-refractivity contribution < 1.29 is 38.7 Å². The summed E-state index contributed by atoms with van der Waals surface area (Å²) >= 11 is 9.93. The molecular weight excluding hydrogens is 991 g/mol. The van der Waals surface area contributed by atoms with Crippen molar-refractivity contribution in [2.45, 2.75) is 26.9 Å². The highest BCUT2D eigenvalue weighted by Crippen LogP contribution is 2.24. The number of aryl methyl sites for hydroxylation is 2. The Hall–Kier alpha value is -6.75. The summed E-state index contributed by atoms with van der Waals surface area (Å²) in [5, 5.41) is 27.6. The van der Waals surface area contributed by atoms with E-state index in [0.717, 1.165) is 37.0 Å². The molecule has 0 aliphatic rings. The molecule has 0 spiro atoms. The number of amides is 2. The molecule has 4 N–H and O–H groups in total. The van der Waals surface area contributed by atoms with E-state index in [1.54, 1.807) is 96.8 Å². The number of thiazole rings is 2. The van der Waals surface area contributed by atoms with Crippen molar-refractivity contribution in [3.63, 3.8) is 0 Å². The molecule has 350 valence electrons. The van der Waals surface area contributed by atoms with E-state index in [2.05, 4.69) is 63.9 Å². The lowest BCUT2D eigenvalue weighted by atomic mass is 9.82. The van der Waals surface area contributed by atoms with Gasteiger partial charge in [-0.3, -0.25) is 19.6 Å². The number of anilines is 2. The van der Waals surface area contributed by atoms with Gasteiger partial charge >= 0.3 is 19.1 Å². The van der Waals surface area contributed by atoms with Gasteiger partial charge in [0.15, 0.2) is 3.92 Å². The van der Waals surface area contributed by atoms with E-state index in [1.165, 1.54) is 31.8 Å². The summed E-state index contributed by atoms with van der Waals surface area (Å²) in [5.74, 6) is -1.29. The van der Waals surface area contributed by atoms with E-state index in [0.29, 0.717) is 52.4 Å². The SMILES string of the molecule is COC(=O)c1ccc(NC(=O)c2cc(C)cn2Cc2csc(-c3cccnc3)n2)cc1.COC(=O)c1ccc(NC(=O)c2cc(C)cn2Cc2csc(Br)n2)cc1.CS.OB(O)c1cccnc1. The average Bonchev–Trinajstić information content (AvgIpc) is 4.18. The van der Waals surface area contributed by atoms with Gasteiger partial charge in [-0.2, -0.15) is 12.6 Å². The van der Waals surface area contributed by atoms with Crippen molar-refractivity contribution in [2.24, 2.45) is 0 Å². The van der Waals surface area contributed by atoms with Gasteiger partial charge in [-0.1, -0.05) is 6.07 Å². The molecule has 0 saturated heterocycles. The van der Waals surface area contributed by atoms with Crippen molar-refractivity contribution in [1.82, 2.24) is 29.1 Å². The topological polar surface area (TPSA) is 213 Å². The van der Waals surface area contributed by atoms with Crippen LogP contribution in [0.4, 0.5) is 11.4 Å². The molecule has 8 aromatic rings. The number of rotatable bonds is 12. The van der Waals surface area contributed by atoms with Crippen LogP contribution in [0, 0.1) is 13.8 Å². The van der Waals surface area contributed by atoms with E-state index in [1.807, 2.05) is 70.4 Å². The van der Waals surface area contributed by atoms with Crippen molar-refractivity contribution in [2.75, 3.05) is 31.1 Å². The van der Waals surface area contributed by atoms with Gasteiger partial charge in [0.2, 0.25) is 0 Å². The molecule has 68 heavy (non-hydrogen) atoms. The first-order valence-electron chi connectivity index (χ1n) is 20.3. The molecule has 16 nitrogen and oxygen atoms in total. The number of benzene rings is 2. The summed E-state index contributed by atoms with van der Waals surface area (Å²) in [6.07, 6.45) is 12.0. The Balaban J connectivity index is 0.000000210. The highest BCUT2D eigenvalue weighted by molar-refractivity contribution is 9.11. The Morgan fingerprint density at radius 1 is 0.691 bits per heavy atom. The molecule has 0 fully saturated rings. The van der Waals surface area contributed by atoms with Crippen molar-refractivity contribution >= 4 is 98.9 Å². The average molecular weight is 1040 g/mol. The molecule has 8 rings (SSSR count). The van der Waals surface area contributed by atoms with E-state index in [-0.39, 0.29) is 11.8 Å². The number of aromatic nitrogens is 6. The van der Waals surface area contributed by atoms with Gasteiger partial charge in [-0.05, 0) is 126 Å². The first kappa shape index (κ1) is 52.2. The van der Waals surface area contributed by atoms with Crippen LogP contribution in [0.2, 0.25) is 0 Å². The lowest BCUT2D eigenvalue weighted by Gasteiger charge is -2.09. The lowest BCUT2D eigenvalue weighted by molar-refractivity contribution is 0.0592. The van der Waals surface area contributed by atoms with Crippen LogP contribution in [-0.4, -0.2) is 90.5 Å². The molecule has 2 aromatic carbocycles. The zero-order valence-corrected chi connectivity index (χ0v) is 41.5. The number of hydrogen-bond donors (Lipinski definition) is 5. The zero-order valence-electron chi connectivity index (χ0n) is 37.4. The minimum atomic E-state index is -1.40. The number of thiol groups is 1. The maximum absolute atomic E-state index is 12.9. The third-order valence-corrected chi connectivity index (χ3v) is 11.6. The van der Waals surface area contributed by atoms with Gasteiger partial charge in [0.1, 0.15) is 16.4 Å². The van der Waals surface area contributed by atoms with Crippen molar-refractivity contribution in [3.8, 4) is 10.6 Å². The predicted molar refractivity (Wildman–Crippen MR) is 272 cm³/mol. The van der Waals surface area contributed by atoms with Gasteiger partial charge in [0.25, 0.3) is 11.8 Å². The smallest absolute Gasteiger partial charge is 0.465 e. The molecule has 6 aromatic heterocycles. The summed E-state index contributed by atoms with van der Waals surface area (Å²) in [5.41, 5.74) is 8.23. The van der Waals surface area contributed by atoms with Gasteiger partial charge in [0.05, 0.1) is 49.8 Å². The fourth-order valence-electron chi connectivity index (χ4n) is 6.20. The summed E-state index contributed by atoms with van der Waals surface area (Å²) in [6, 6.07) is 23.9. The molecule has 0 aliphatic heterocycles. The molecule has 6 heterocycles. The Morgan fingerprint density at radius 3 is 1.56 bits per heavy atom. The van der Waals surface area contributed by atoms with Crippen LogP contribution < -0.4 is 16.1 Å². The van der Waals surface area contributed by atoms with Gasteiger partial charge in [-0.15, -0.1) is 22.7 Å². The molecular formula is C47H46BBrN8O8S3. The van der Waals surface area contributed by atoms with Crippen LogP contribution in [0.15, 0.2) is 137 Å². The number of nitrogens with one attached hydrogen (secondary N) is 2. The summed E-state index contributed by atoms with van der Waals surface area (Å²) in [4.78, 5) is 65.5. The maximum atomic E-state index is 12.9. The second-order valence-corrected chi connectivity index (χ2v) is 17.2. The summed E-state index contributed by atoms with van der Waals surface area (Å²) < 4.78 is 13.9. The Labute approximate surface area is 414 Å². The number of halogens is 1. The third kappa shape index (κ3) is 15.1. The standard InChI is InChI=1S/C23H20N4O3S.C18H16BrN3O3S.C5H6BNO2.CH4S/c1-15-10-20(21(28)25-18-7-5-16(6-8-18)23(29)30-2)27(12-15)13-19-14-31-22(26-19)17-4-3-9-24-11-17;1-11-7-15(22(8-11)9-14-10-26-18(19)21-14)16(23)20-13-5-3-12(4-6-13)17(24)25-2;8-6(9)5-2-1-3-7-4-5;1-2/h3-12,14H,13H2,1-2H3,(H,25,28);3-8,10H,9H2,1-2H3,(H,20,23);1-4,8-9H;2H,1H3. The largest absolute Gasteiger partial charge is 0.490 e. The molecule has 0 unspecified atom stereocenters.